The first kappa shape index (κ1) is 25.5. The van der Waals surface area contributed by atoms with Gasteiger partial charge in [-0.25, -0.2) is 9.18 Å². The minimum absolute atomic E-state index is 0.128. The van der Waals surface area contributed by atoms with Gasteiger partial charge in [0.25, 0.3) is 5.91 Å². The molecular formula is C23H21F4N3O5. The van der Waals surface area contributed by atoms with Gasteiger partial charge in [0.2, 0.25) is 0 Å². The second-order valence-electron chi connectivity index (χ2n) is 7.42. The Morgan fingerprint density at radius 2 is 1.94 bits per heavy atom. The Hall–Kier alpha value is -4.09. The number of hydrogen-bond donors (Lipinski definition) is 2. The van der Waals surface area contributed by atoms with Crippen LogP contribution in [0.4, 0.5) is 17.6 Å². The van der Waals surface area contributed by atoms with Crippen LogP contribution in [0.15, 0.2) is 48.7 Å². The van der Waals surface area contributed by atoms with E-state index in [9.17, 15) is 27.2 Å². The van der Waals surface area contributed by atoms with Crippen LogP contribution in [0.25, 0.3) is 0 Å². The number of pyridine rings is 1. The van der Waals surface area contributed by atoms with Crippen molar-refractivity contribution >= 4 is 11.9 Å². The Balaban J connectivity index is 0.000000241. The molecule has 4 rings (SSSR count). The summed E-state index contributed by atoms with van der Waals surface area (Å²) in [5, 5.41) is 12.1. The molecule has 2 N–H and O–H groups in total. The molecule has 0 fully saturated rings. The third kappa shape index (κ3) is 6.28. The normalized spacial score (nSPS) is 14.6. The minimum Gasteiger partial charge on any atom is -0.491 e. The summed E-state index contributed by atoms with van der Waals surface area (Å²) in [6.45, 7) is 2.17. The zero-order valence-corrected chi connectivity index (χ0v) is 18.6. The van der Waals surface area contributed by atoms with Crippen molar-refractivity contribution in [3.05, 3.63) is 77.1 Å². The van der Waals surface area contributed by atoms with Crippen molar-refractivity contribution < 1.29 is 41.7 Å². The van der Waals surface area contributed by atoms with Crippen molar-refractivity contribution in [2.45, 2.75) is 25.7 Å². The predicted molar refractivity (Wildman–Crippen MR) is 115 cm³/mol. The van der Waals surface area contributed by atoms with Gasteiger partial charge in [0.1, 0.15) is 17.1 Å². The number of carboxylic acids is 1. The molecule has 3 heterocycles. The average Bonchev–Trinajstić information content (AvgIpc) is 3.10. The number of amides is 1. The topological polar surface area (TPSA) is 103 Å². The maximum Gasteiger partial charge on any atom is 0.573 e. The van der Waals surface area contributed by atoms with E-state index in [0.717, 1.165) is 12.1 Å². The van der Waals surface area contributed by atoms with Crippen LogP contribution < -0.4 is 14.8 Å². The average molecular weight is 495 g/mol. The number of carbonyl (C=O) groups excluding carboxylic acids is 1. The second-order valence-corrected chi connectivity index (χ2v) is 7.42. The summed E-state index contributed by atoms with van der Waals surface area (Å²) in [5.74, 6) is -2.56. The Bertz CT molecular complexity index is 1230. The van der Waals surface area contributed by atoms with Gasteiger partial charge >= 0.3 is 12.3 Å². The smallest absolute Gasteiger partial charge is 0.491 e. The predicted octanol–water partition coefficient (Wildman–Crippen LogP) is 4.40. The summed E-state index contributed by atoms with van der Waals surface area (Å²) in [6.07, 6.45) is -2.57. The highest BCUT2D eigenvalue weighted by atomic mass is 19.4. The van der Waals surface area contributed by atoms with Gasteiger partial charge in [-0.2, -0.15) is 0 Å². The number of carboxylic acid groups (broad SMARTS) is 1. The van der Waals surface area contributed by atoms with Crippen molar-refractivity contribution in [2.75, 3.05) is 6.61 Å². The van der Waals surface area contributed by atoms with E-state index in [1.807, 2.05) is 6.07 Å². The lowest BCUT2D eigenvalue weighted by Crippen LogP contribution is -2.33. The Labute approximate surface area is 197 Å². The number of nitrogens with zero attached hydrogens (tertiary/aromatic N) is 2. The number of aromatic nitrogens is 2. The molecule has 35 heavy (non-hydrogen) atoms. The number of aromatic carboxylic acids is 1. The van der Waals surface area contributed by atoms with Crippen LogP contribution in [0.2, 0.25) is 0 Å². The number of hydrogen-bond acceptors (Lipinski definition) is 5. The molecule has 1 unspecified atom stereocenters. The quantitative estimate of drug-likeness (QED) is 0.520. The number of alkyl halides is 3. The van der Waals surface area contributed by atoms with Crippen molar-refractivity contribution in [1.29, 1.82) is 0 Å². The van der Waals surface area contributed by atoms with Gasteiger partial charge in [-0.15, -0.1) is 13.2 Å². The molecule has 0 spiro atoms. The maximum absolute atomic E-state index is 12.5. The highest BCUT2D eigenvalue weighted by Crippen LogP contribution is 2.30. The van der Waals surface area contributed by atoms with Crippen molar-refractivity contribution in [3.8, 4) is 11.5 Å². The number of benzene rings is 1. The second kappa shape index (κ2) is 10.5. The first-order valence-electron chi connectivity index (χ1n) is 10.3. The molecule has 1 aliphatic heterocycles. The van der Waals surface area contributed by atoms with Gasteiger partial charge in [-0.05, 0) is 37.3 Å². The van der Waals surface area contributed by atoms with Crippen LogP contribution in [-0.2, 0) is 7.05 Å². The Morgan fingerprint density at radius 1 is 1.23 bits per heavy atom. The van der Waals surface area contributed by atoms with Crippen molar-refractivity contribution in [3.63, 3.8) is 0 Å². The van der Waals surface area contributed by atoms with E-state index >= 15 is 0 Å². The monoisotopic (exact) mass is 495 g/mol. The molecule has 0 bridgehead atoms. The summed E-state index contributed by atoms with van der Waals surface area (Å²) in [6, 6.07) is 9.06. The number of para-hydroxylation sites is 1. The summed E-state index contributed by atoms with van der Waals surface area (Å²) >= 11 is 0. The Kier molecular flexibility index (Phi) is 7.62. The van der Waals surface area contributed by atoms with E-state index in [1.54, 1.807) is 30.8 Å². The molecule has 1 atom stereocenters. The lowest BCUT2D eigenvalue weighted by atomic mass is 10.1. The molecule has 12 heteroatoms. The number of carbonyl (C=O) groups is 2. The molecule has 0 saturated carbocycles. The largest absolute Gasteiger partial charge is 0.573 e. The van der Waals surface area contributed by atoms with Gasteiger partial charge in [0, 0.05) is 25.4 Å². The fraction of sp³-hybridized carbons (Fsp3) is 0.261. The fourth-order valence-corrected chi connectivity index (χ4v) is 3.37. The molecule has 2 aromatic heterocycles. The lowest BCUT2D eigenvalue weighted by molar-refractivity contribution is -0.275. The van der Waals surface area contributed by atoms with Crippen molar-refractivity contribution in [2.24, 2.45) is 7.05 Å². The number of ether oxygens (including phenoxy) is 2. The fourth-order valence-electron chi connectivity index (χ4n) is 3.37. The van der Waals surface area contributed by atoms with Gasteiger partial charge in [0.15, 0.2) is 11.6 Å². The Morgan fingerprint density at radius 3 is 2.57 bits per heavy atom. The van der Waals surface area contributed by atoms with E-state index in [-0.39, 0.29) is 17.5 Å². The van der Waals surface area contributed by atoms with Crippen LogP contribution in [0.3, 0.4) is 0 Å². The van der Waals surface area contributed by atoms with Gasteiger partial charge in [-0.3, -0.25) is 9.78 Å². The van der Waals surface area contributed by atoms with E-state index in [2.05, 4.69) is 15.0 Å². The molecule has 1 amide bonds. The number of fused-ring (bicyclic) bond motifs is 1. The van der Waals surface area contributed by atoms with E-state index in [0.29, 0.717) is 35.9 Å². The standard InChI is InChI=1S/C16H17N3O4.C7H4F4O/c1-9-10(16(21)22)8-12(19(9)2)15(20)18-11-5-7-23-13-4-3-6-17-14(11)13;8-5-3-1-2-4-6(5)12-7(9,10)11/h3-4,6,8,11H,5,7H2,1-2H3,(H,18,20)(H,21,22);1-4H. The number of rotatable bonds is 4. The summed E-state index contributed by atoms with van der Waals surface area (Å²) < 4.78 is 57.6. The molecule has 1 aromatic carbocycles. The van der Waals surface area contributed by atoms with E-state index < -0.39 is 23.9 Å². The van der Waals surface area contributed by atoms with E-state index in [4.69, 9.17) is 9.84 Å². The summed E-state index contributed by atoms with van der Waals surface area (Å²) in [7, 11) is 1.67. The molecule has 1 aliphatic rings. The zero-order chi connectivity index (χ0) is 25.8. The van der Waals surface area contributed by atoms with Crippen LogP contribution in [-0.4, -0.2) is 39.5 Å². The van der Waals surface area contributed by atoms with Crippen molar-refractivity contribution in [1.82, 2.24) is 14.9 Å². The maximum atomic E-state index is 12.5. The number of nitrogens with one attached hydrogen (secondary N) is 1. The van der Waals surface area contributed by atoms with Gasteiger partial charge in [-0.1, -0.05) is 12.1 Å². The molecule has 186 valence electrons. The SMILES string of the molecule is Cc1c(C(=O)O)cc(C(=O)NC2CCOc3cccnc32)n1C.Fc1ccccc1OC(F)(F)F. The summed E-state index contributed by atoms with van der Waals surface area (Å²) in [5.41, 5.74) is 1.66. The van der Waals surface area contributed by atoms with Crippen LogP contribution in [0.5, 0.6) is 11.5 Å². The first-order valence-corrected chi connectivity index (χ1v) is 10.3. The number of halogens is 4. The zero-order valence-electron chi connectivity index (χ0n) is 18.6. The molecular weight excluding hydrogens is 474 g/mol. The van der Waals surface area contributed by atoms with Crippen LogP contribution in [0, 0.1) is 12.7 Å². The molecule has 0 saturated heterocycles. The summed E-state index contributed by atoms with van der Waals surface area (Å²) in [4.78, 5) is 28.0. The highest BCUT2D eigenvalue weighted by molar-refractivity contribution is 5.98. The third-order valence-corrected chi connectivity index (χ3v) is 5.16. The van der Waals surface area contributed by atoms with Gasteiger partial charge < -0.3 is 24.5 Å². The van der Waals surface area contributed by atoms with Gasteiger partial charge in [0.05, 0.1) is 18.2 Å². The van der Waals surface area contributed by atoms with Crippen LogP contribution in [0.1, 0.15) is 44.7 Å². The van der Waals surface area contributed by atoms with E-state index in [1.165, 1.54) is 18.2 Å². The third-order valence-electron chi connectivity index (χ3n) is 5.16. The van der Waals surface area contributed by atoms with Crippen LogP contribution >= 0.6 is 0 Å². The lowest BCUT2D eigenvalue weighted by Gasteiger charge is -2.25. The highest BCUT2D eigenvalue weighted by Gasteiger charge is 2.32. The first-order chi connectivity index (χ1) is 16.5. The molecule has 8 nitrogen and oxygen atoms in total. The molecule has 0 aliphatic carbocycles. The molecule has 3 aromatic rings. The minimum atomic E-state index is -4.85. The molecule has 0 radical (unpaired) electrons.